The second-order valence-electron chi connectivity index (χ2n) is 6.41. The van der Waals surface area contributed by atoms with Gasteiger partial charge in [0.05, 0.1) is 13.0 Å². The lowest BCUT2D eigenvalue weighted by atomic mass is 9.96. The van der Waals surface area contributed by atoms with Crippen LogP contribution in [0, 0.1) is 19.8 Å². The third-order valence-electron chi connectivity index (χ3n) is 4.59. The number of benzene rings is 1. The fourth-order valence-corrected chi connectivity index (χ4v) is 3.10. The average Bonchev–Trinajstić information content (AvgIpc) is 2.60. The standard InChI is InChI=1S/C19H27NO4/c1-5-16(24-17-7-6-13(2)12-14(17)3)18(21)20-10-8-15(9-11-20)19(22)23-4/h6-7,12,15-16H,5,8-11H2,1-4H3/t16-/m1/s1. The molecule has 1 aromatic carbocycles. The zero-order valence-corrected chi connectivity index (χ0v) is 15.0. The zero-order chi connectivity index (χ0) is 17.7. The summed E-state index contributed by atoms with van der Waals surface area (Å²) in [7, 11) is 1.41. The molecule has 5 heteroatoms. The monoisotopic (exact) mass is 333 g/mol. The van der Waals surface area contributed by atoms with E-state index < -0.39 is 6.10 Å². The van der Waals surface area contributed by atoms with E-state index in [0.29, 0.717) is 32.4 Å². The van der Waals surface area contributed by atoms with Crippen molar-refractivity contribution in [3.05, 3.63) is 29.3 Å². The molecule has 0 N–H and O–H groups in total. The molecule has 1 aromatic rings. The second-order valence-corrected chi connectivity index (χ2v) is 6.41. The molecule has 0 unspecified atom stereocenters. The van der Waals surface area contributed by atoms with Gasteiger partial charge in [-0.3, -0.25) is 9.59 Å². The number of nitrogens with zero attached hydrogens (tertiary/aromatic N) is 1. The van der Waals surface area contributed by atoms with Crippen LogP contribution in [0.4, 0.5) is 0 Å². The molecule has 1 fully saturated rings. The second kappa shape index (κ2) is 8.18. The number of rotatable bonds is 5. The van der Waals surface area contributed by atoms with Crippen molar-refractivity contribution in [2.75, 3.05) is 20.2 Å². The number of likely N-dealkylation sites (tertiary alicyclic amines) is 1. The Morgan fingerprint density at radius 2 is 1.92 bits per heavy atom. The number of carbonyl (C=O) groups is 2. The first-order valence-electron chi connectivity index (χ1n) is 8.56. The van der Waals surface area contributed by atoms with Gasteiger partial charge in [-0.2, -0.15) is 0 Å². The highest BCUT2D eigenvalue weighted by molar-refractivity contribution is 5.82. The van der Waals surface area contributed by atoms with Crippen molar-refractivity contribution < 1.29 is 19.1 Å². The summed E-state index contributed by atoms with van der Waals surface area (Å²) >= 11 is 0. The highest BCUT2D eigenvalue weighted by Crippen LogP contribution is 2.23. The molecule has 0 saturated carbocycles. The lowest BCUT2D eigenvalue weighted by Crippen LogP contribution is -2.46. The van der Waals surface area contributed by atoms with Crippen molar-refractivity contribution in [1.29, 1.82) is 0 Å². The Hall–Kier alpha value is -2.04. The third-order valence-corrected chi connectivity index (χ3v) is 4.59. The molecule has 0 aliphatic carbocycles. The zero-order valence-electron chi connectivity index (χ0n) is 15.0. The number of ether oxygens (including phenoxy) is 2. The van der Waals surface area contributed by atoms with E-state index in [0.717, 1.165) is 11.3 Å². The molecule has 0 aromatic heterocycles. The van der Waals surface area contributed by atoms with Gasteiger partial charge in [-0.15, -0.1) is 0 Å². The number of hydrogen-bond acceptors (Lipinski definition) is 4. The molecule has 1 aliphatic rings. The van der Waals surface area contributed by atoms with Gasteiger partial charge in [-0.25, -0.2) is 0 Å². The molecule has 0 spiro atoms. The number of carbonyl (C=O) groups excluding carboxylic acids is 2. The highest BCUT2D eigenvalue weighted by atomic mass is 16.5. The maximum Gasteiger partial charge on any atom is 0.308 e. The summed E-state index contributed by atoms with van der Waals surface area (Å²) in [5.74, 6) is 0.478. The van der Waals surface area contributed by atoms with E-state index in [1.54, 1.807) is 4.90 Å². The summed E-state index contributed by atoms with van der Waals surface area (Å²) in [6.45, 7) is 7.12. The first-order valence-corrected chi connectivity index (χ1v) is 8.56. The molecule has 5 nitrogen and oxygen atoms in total. The minimum Gasteiger partial charge on any atom is -0.480 e. The van der Waals surface area contributed by atoms with Crippen LogP contribution in [0.3, 0.4) is 0 Å². The summed E-state index contributed by atoms with van der Waals surface area (Å²) in [4.78, 5) is 26.1. The van der Waals surface area contributed by atoms with Crippen LogP contribution in [0.15, 0.2) is 18.2 Å². The highest BCUT2D eigenvalue weighted by Gasteiger charge is 2.31. The summed E-state index contributed by atoms with van der Waals surface area (Å²) < 4.78 is 10.8. The predicted octanol–water partition coefficient (Wildman–Crippen LogP) is 2.87. The maximum absolute atomic E-state index is 12.7. The van der Waals surface area contributed by atoms with Crippen molar-refractivity contribution in [3.8, 4) is 5.75 Å². The van der Waals surface area contributed by atoms with Gasteiger partial charge in [0.25, 0.3) is 5.91 Å². The van der Waals surface area contributed by atoms with E-state index in [1.807, 2.05) is 39.0 Å². The summed E-state index contributed by atoms with van der Waals surface area (Å²) in [6, 6.07) is 5.96. The van der Waals surface area contributed by atoms with E-state index in [1.165, 1.54) is 12.7 Å². The van der Waals surface area contributed by atoms with Crippen molar-refractivity contribution in [3.63, 3.8) is 0 Å². The number of amides is 1. The molecule has 1 saturated heterocycles. The van der Waals surface area contributed by atoms with Gasteiger partial charge in [-0.1, -0.05) is 24.6 Å². The Morgan fingerprint density at radius 3 is 2.46 bits per heavy atom. The fraction of sp³-hybridized carbons (Fsp3) is 0.579. The Balaban J connectivity index is 1.98. The van der Waals surface area contributed by atoms with E-state index in [2.05, 4.69) is 0 Å². The summed E-state index contributed by atoms with van der Waals surface area (Å²) in [6.07, 6.45) is 1.43. The predicted molar refractivity (Wildman–Crippen MR) is 91.9 cm³/mol. The van der Waals surface area contributed by atoms with E-state index in [4.69, 9.17) is 9.47 Å². The average molecular weight is 333 g/mol. The van der Waals surface area contributed by atoms with Crippen LogP contribution in [0.25, 0.3) is 0 Å². The SMILES string of the molecule is CC[C@@H](Oc1ccc(C)cc1C)C(=O)N1CCC(C(=O)OC)CC1. The van der Waals surface area contributed by atoms with Gasteiger partial charge >= 0.3 is 5.97 Å². The number of methoxy groups -OCH3 is 1. The first-order chi connectivity index (χ1) is 11.5. The van der Waals surface area contributed by atoms with Gasteiger partial charge in [0.2, 0.25) is 0 Å². The Kier molecular flexibility index (Phi) is 6.23. The Bertz CT molecular complexity index is 591. The molecule has 0 radical (unpaired) electrons. The van der Waals surface area contributed by atoms with Crippen molar-refractivity contribution in [2.45, 2.75) is 46.1 Å². The van der Waals surface area contributed by atoms with Gasteiger partial charge in [-0.05, 0) is 44.7 Å². The van der Waals surface area contributed by atoms with E-state index >= 15 is 0 Å². The van der Waals surface area contributed by atoms with Gasteiger partial charge in [0.1, 0.15) is 5.75 Å². The van der Waals surface area contributed by atoms with E-state index in [-0.39, 0.29) is 17.8 Å². The number of hydrogen-bond donors (Lipinski definition) is 0. The Labute approximate surface area is 143 Å². The minimum atomic E-state index is -0.485. The smallest absolute Gasteiger partial charge is 0.308 e. The van der Waals surface area contributed by atoms with Crippen LogP contribution in [0.1, 0.15) is 37.3 Å². The quantitative estimate of drug-likeness (QED) is 0.778. The van der Waals surface area contributed by atoms with Crippen LogP contribution in [0.5, 0.6) is 5.75 Å². The number of piperidine rings is 1. The first kappa shape index (κ1) is 18.3. The van der Waals surface area contributed by atoms with Gasteiger partial charge in [0.15, 0.2) is 6.10 Å². The third kappa shape index (κ3) is 4.28. The van der Waals surface area contributed by atoms with Gasteiger partial charge in [0, 0.05) is 13.1 Å². The number of esters is 1. The molecule has 1 atom stereocenters. The van der Waals surface area contributed by atoms with Crippen LogP contribution in [-0.4, -0.2) is 43.1 Å². The van der Waals surface area contributed by atoms with Crippen molar-refractivity contribution in [2.24, 2.45) is 5.92 Å². The van der Waals surface area contributed by atoms with Crippen LogP contribution >= 0.6 is 0 Å². The Morgan fingerprint density at radius 1 is 1.25 bits per heavy atom. The minimum absolute atomic E-state index is 0.000732. The lowest BCUT2D eigenvalue weighted by molar-refractivity contribution is -0.150. The van der Waals surface area contributed by atoms with E-state index in [9.17, 15) is 9.59 Å². The normalized spacial score (nSPS) is 16.6. The largest absolute Gasteiger partial charge is 0.480 e. The molecule has 1 heterocycles. The molecular weight excluding hydrogens is 306 g/mol. The topological polar surface area (TPSA) is 55.8 Å². The van der Waals surface area contributed by atoms with Crippen LogP contribution < -0.4 is 4.74 Å². The van der Waals surface area contributed by atoms with Crippen molar-refractivity contribution in [1.82, 2.24) is 4.90 Å². The van der Waals surface area contributed by atoms with Gasteiger partial charge < -0.3 is 14.4 Å². The van der Waals surface area contributed by atoms with Crippen molar-refractivity contribution >= 4 is 11.9 Å². The summed E-state index contributed by atoms with van der Waals surface area (Å²) in [5.41, 5.74) is 2.20. The lowest BCUT2D eigenvalue weighted by Gasteiger charge is -2.33. The van der Waals surface area contributed by atoms with Crippen LogP contribution in [-0.2, 0) is 14.3 Å². The molecule has 1 aliphatic heterocycles. The van der Waals surface area contributed by atoms with Crippen LogP contribution in [0.2, 0.25) is 0 Å². The molecule has 132 valence electrons. The fourth-order valence-electron chi connectivity index (χ4n) is 3.10. The maximum atomic E-state index is 12.7. The molecule has 1 amide bonds. The number of aryl methyl sites for hydroxylation is 2. The molecule has 24 heavy (non-hydrogen) atoms. The summed E-state index contributed by atoms with van der Waals surface area (Å²) in [5, 5.41) is 0. The molecular formula is C19H27NO4. The molecule has 2 rings (SSSR count). The molecule has 0 bridgehead atoms.